The Labute approximate surface area is 106 Å². The van der Waals surface area contributed by atoms with Crippen LogP contribution < -0.4 is 0 Å². The quantitative estimate of drug-likeness (QED) is 0.631. The van der Waals surface area contributed by atoms with Gasteiger partial charge < -0.3 is 0 Å². The number of allylic oxidation sites excluding steroid dienone is 2. The lowest BCUT2D eigenvalue weighted by Crippen LogP contribution is -2.29. The van der Waals surface area contributed by atoms with Gasteiger partial charge in [-0.3, -0.25) is 0 Å². The summed E-state index contributed by atoms with van der Waals surface area (Å²) < 4.78 is 0. The molecule has 0 bridgehead atoms. The van der Waals surface area contributed by atoms with Crippen molar-refractivity contribution in [2.45, 2.75) is 47.0 Å². The van der Waals surface area contributed by atoms with E-state index in [0.29, 0.717) is 11.3 Å². The molecule has 1 aromatic rings. The van der Waals surface area contributed by atoms with E-state index in [1.54, 1.807) is 0 Å². The van der Waals surface area contributed by atoms with Crippen LogP contribution in [0.25, 0.3) is 5.57 Å². The monoisotopic (exact) mass is 228 g/mol. The first kappa shape index (κ1) is 12.4. The molecule has 0 fully saturated rings. The molecule has 1 aliphatic carbocycles. The zero-order valence-corrected chi connectivity index (χ0v) is 12.0. The van der Waals surface area contributed by atoms with E-state index in [2.05, 4.69) is 71.9 Å². The lowest BCUT2D eigenvalue weighted by atomic mass is 9.63. The van der Waals surface area contributed by atoms with E-state index in [-0.39, 0.29) is 5.41 Å². The van der Waals surface area contributed by atoms with Crippen LogP contribution in [0.1, 0.15) is 52.7 Å². The Morgan fingerprint density at radius 1 is 1.00 bits per heavy atom. The van der Waals surface area contributed by atoms with Crippen molar-refractivity contribution in [3.8, 4) is 0 Å². The van der Waals surface area contributed by atoms with Crippen molar-refractivity contribution >= 4 is 5.57 Å². The number of rotatable bonds is 1. The minimum atomic E-state index is 0.247. The van der Waals surface area contributed by atoms with Crippen molar-refractivity contribution in [3.05, 3.63) is 41.5 Å². The number of benzene rings is 1. The van der Waals surface area contributed by atoms with Gasteiger partial charge in [0.1, 0.15) is 0 Å². The predicted octanol–water partition coefficient (Wildman–Crippen LogP) is 5.04. The van der Waals surface area contributed by atoms with Crippen molar-refractivity contribution in [1.82, 2.24) is 0 Å². The zero-order chi connectivity index (χ0) is 12.8. The van der Waals surface area contributed by atoms with Crippen LogP contribution in [-0.2, 0) is 5.41 Å². The van der Waals surface area contributed by atoms with Gasteiger partial charge in [-0.15, -0.1) is 0 Å². The van der Waals surface area contributed by atoms with Gasteiger partial charge in [0.25, 0.3) is 0 Å². The smallest absolute Gasteiger partial charge is 0.0101 e. The molecule has 0 spiro atoms. The summed E-state index contributed by atoms with van der Waals surface area (Å²) in [6.07, 6.45) is 2.41. The second-order valence-corrected chi connectivity index (χ2v) is 6.97. The highest BCUT2D eigenvalue weighted by Crippen LogP contribution is 2.48. The third-order valence-corrected chi connectivity index (χ3v) is 4.19. The molecule has 17 heavy (non-hydrogen) atoms. The van der Waals surface area contributed by atoms with E-state index in [1.807, 2.05) is 0 Å². The van der Waals surface area contributed by atoms with E-state index < -0.39 is 0 Å². The summed E-state index contributed by atoms with van der Waals surface area (Å²) in [5.41, 5.74) is 4.93. The standard InChI is InChI=1S/C17H24/c1-12-15(11-17(12,5)6)13-7-9-14(10-8-13)16(2,3)4/h7-12H,1-6H3/t12-/m1/s1. The van der Waals surface area contributed by atoms with Crippen LogP contribution in [-0.4, -0.2) is 0 Å². The van der Waals surface area contributed by atoms with E-state index >= 15 is 0 Å². The largest absolute Gasteiger partial charge is 0.0741 e. The maximum atomic E-state index is 2.41. The van der Waals surface area contributed by atoms with Crippen LogP contribution >= 0.6 is 0 Å². The van der Waals surface area contributed by atoms with Crippen LogP contribution in [0.5, 0.6) is 0 Å². The third-order valence-electron chi connectivity index (χ3n) is 4.19. The number of hydrogen-bond acceptors (Lipinski definition) is 0. The summed E-state index contributed by atoms with van der Waals surface area (Å²) in [4.78, 5) is 0. The van der Waals surface area contributed by atoms with Crippen LogP contribution in [0, 0.1) is 11.3 Å². The lowest BCUT2D eigenvalue weighted by molar-refractivity contribution is 0.338. The molecular weight excluding hydrogens is 204 g/mol. The molecule has 0 saturated carbocycles. The van der Waals surface area contributed by atoms with Gasteiger partial charge in [0.2, 0.25) is 0 Å². The summed E-state index contributed by atoms with van der Waals surface area (Å²) in [5, 5.41) is 0. The van der Waals surface area contributed by atoms with Gasteiger partial charge in [0.05, 0.1) is 0 Å². The molecular formula is C17H24. The third kappa shape index (κ3) is 2.18. The highest BCUT2D eigenvalue weighted by atomic mass is 14.4. The molecule has 0 aromatic heterocycles. The Morgan fingerprint density at radius 2 is 1.53 bits per heavy atom. The molecule has 0 aliphatic heterocycles. The first-order chi connectivity index (χ1) is 7.72. The molecule has 0 radical (unpaired) electrons. The summed E-state index contributed by atoms with van der Waals surface area (Å²) in [7, 11) is 0. The summed E-state index contributed by atoms with van der Waals surface area (Å²) in [6, 6.07) is 9.10. The Morgan fingerprint density at radius 3 is 1.88 bits per heavy atom. The van der Waals surface area contributed by atoms with Crippen LogP contribution in [0.15, 0.2) is 30.3 Å². The van der Waals surface area contributed by atoms with Gasteiger partial charge in [0.15, 0.2) is 0 Å². The Balaban J connectivity index is 2.27. The van der Waals surface area contributed by atoms with Gasteiger partial charge in [0, 0.05) is 0 Å². The normalized spacial score (nSPS) is 22.9. The molecule has 0 nitrogen and oxygen atoms in total. The van der Waals surface area contributed by atoms with Crippen molar-refractivity contribution in [3.63, 3.8) is 0 Å². The van der Waals surface area contributed by atoms with Crippen molar-refractivity contribution in [2.24, 2.45) is 11.3 Å². The maximum absolute atomic E-state index is 2.41. The average molecular weight is 228 g/mol. The predicted molar refractivity (Wildman–Crippen MR) is 76.1 cm³/mol. The van der Waals surface area contributed by atoms with Crippen LogP contribution in [0.2, 0.25) is 0 Å². The first-order valence-corrected chi connectivity index (χ1v) is 6.55. The van der Waals surface area contributed by atoms with Crippen LogP contribution in [0.3, 0.4) is 0 Å². The van der Waals surface area contributed by atoms with Gasteiger partial charge in [-0.25, -0.2) is 0 Å². The summed E-state index contributed by atoms with van der Waals surface area (Å²) >= 11 is 0. The molecule has 0 N–H and O–H groups in total. The molecule has 0 heterocycles. The molecule has 1 aromatic carbocycles. The fraction of sp³-hybridized carbons (Fsp3) is 0.529. The summed E-state index contributed by atoms with van der Waals surface area (Å²) in [6.45, 7) is 13.7. The molecule has 1 aliphatic rings. The molecule has 1 atom stereocenters. The van der Waals surface area contributed by atoms with E-state index in [9.17, 15) is 0 Å². The molecule has 0 unspecified atom stereocenters. The van der Waals surface area contributed by atoms with Gasteiger partial charge in [-0.2, -0.15) is 0 Å². The maximum Gasteiger partial charge on any atom is -0.0101 e. The van der Waals surface area contributed by atoms with E-state index in [4.69, 9.17) is 0 Å². The minimum Gasteiger partial charge on any atom is -0.0741 e. The molecule has 92 valence electrons. The second-order valence-electron chi connectivity index (χ2n) is 6.97. The van der Waals surface area contributed by atoms with Crippen molar-refractivity contribution in [2.75, 3.05) is 0 Å². The van der Waals surface area contributed by atoms with Gasteiger partial charge >= 0.3 is 0 Å². The number of hydrogen-bond donors (Lipinski definition) is 0. The highest BCUT2D eigenvalue weighted by Gasteiger charge is 2.36. The highest BCUT2D eigenvalue weighted by molar-refractivity contribution is 5.74. The van der Waals surface area contributed by atoms with Gasteiger partial charge in [-0.1, -0.05) is 71.9 Å². The minimum absolute atomic E-state index is 0.247. The summed E-state index contributed by atoms with van der Waals surface area (Å²) in [5.74, 6) is 0.669. The lowest BCUT2D eigenvalue weighted by Gasteiger charge is -2.41. The molecule has 2 rings (SSSR count). The topological polar surface area (TPSA) is 0 Å². The molecule has 0 amide bonds. The van der Waals surface area contributed by atoms with E-state index in [1.165, 1.54) is 16.7 Å². The SMILES string of the molecule is C[C@@H]1C(c2ccc(C(C)(C)C)cc2)=CC1(C)C. The van der Waals surface area contributed by atoms with Gasteiger partial charge in [-0.05, 0) is 33.4 Å². The van der Waals surface area contributed by atoms with Crippen LogP contribution in [0.4, 0.5) is 0 Å². The second kappa shape index (κ2) is 3.73. The first-order valence-electron chi connectivity index (χ1n) is 6.55. The molecule has 0 heteroatoms. The Kier molecular flexibility index (Phi) is 2.72. The fourth-order valence-corrected chi connectivity index (χ4v) is 2.45. The Bertz CT molecular complexity index is 438. The van der Waals surface area contributed by atoms with Crippen molar-refractivity contribution in [1.29, 1.82) is 0 Å². The average Bonchev–Trinajstić information content (AvgIpc) is 2.25. The molecule has 0 saturated heterocycles. The fourth-order valence-electron chi connectivity index (χ4n) is 2.45. The Hall–Kier alpha value is -1.04. The zero-order valence-electron chi connectivity index (χ0n) is 12.0. The van der Waals surface area contributed by atoms with E-state index in [0.717, 1.165) is 0 Å². The van der Waals surface area contributed by atoms with Crippen molar-refractivity contribution < 1.29 is 0 Å².